The summed E-state index contributed by atoms with van der Waals surface area (Å²) in [6.45, 7) is 9.24. The van der Waals surface area contributed by atoms with Gasteiger partial charge >= 0.3 is 0 Å². The average Bonchev–Trinajstić information content (AvgIpc) is 2.76. The van der Waals surface area contributed by atoms with Crippen molar-refractivity contribution in [3.05, 3.63) is 57.5 Å². The Morgan fingerprint density at radius 3 is 2.52 bits per heavy atom. The van der Waals surface area contributed by atoms with Gasteiger partial charge in [-0.3, -0.25) is 0 Å². The quantitative estimate of drug-likeness (QED) is 0.799. The molecule has 21 heavy (non-hydrogen) atoms. The van der Waals surface area contributed by atoms with Gasteiger partial charge in [-0.15, -0.1) is 0 Å². The van der Waals surface area contributed by atoms with Crippen molar-refractivity contribution in [1.29, 1.82) is 0 Å². The summed E-state index contributed by atoms with van der Waals surface area (Å²) in [6, 6.07) is 8.64. The van der Waals surface area contributed by atoms with E-state index in [2.05, 4.69) is 37.4 Å². The van der Waals surface area contributed by atoms with Gasteiger partial charge < -0.3 is 9.73 Å². The predicted octanol–water partition coefficient (Wildman–Crippen LogP) is 5.14. The molecule has 1 N–H and O–H groups in total. The molecule has 1 aromatic carbocycles. The second-order valence-corrected chi connectivity index (χ2v) is 6.08. The Morgan fingerprint density at radius 1 is 1.19 bits per heavy atom. The Labute approximate surface area is 132 Å². The molecule has 2 nitrogen and oxygen atoms in total. The molecule has 3 heteroatoms. The number of benzene rings is 1. The Bertz CT molecular complexity index is 603. The molecule has 0 amide bonds. The zero-order valence-electron chi connectivity index (χ0n) is 13.3. The van der Waals surface area contributed by atoms with Crippen LogP contribution in [0.15, 0.2) is 28.7 Å². The van der Waals surface area contributed by atoms with Crippen LogP contribution in [0.25, 0.3) is 0 Å². The van der Waals surface area contributed by atoms with Crippen molar-refractivity contribution >= 4 is 11.6 Å². The van der Waals surface area contributed by atoms with Crippen LogP contribution in [0.5, 0.6) is 0 Å². The number of rotatable bonds is 6. The number of aryl methyl sites for hydroxylation is 3. The molecule has 0 saturated heterocycles. The summed E-state index contributed by atoms with van der Waals surface area (Å²) < 4.78 is 5.69. The molecule has 0 saturated carbocycles. The van der Waals surface area contributed by atoms with Crippen LogP contribution < -0.4 is 5.32 Å². The number of hydrogen-bond donors (Lipinski definition) is 1. The lowest BCUT2D eigenvalue weighted by Crippen LogP contribution is -2.24. The summed E-state index contributed by atoms with van der Waals surface area (Å²) >= 11 is 6.39. The minimum absolute atomic E-state index is 0.239. The molecule has 1 heterocycles. The van der Waals surface area contributed by atoms with E-state index in [-0.39, 0.29) is 6.04 Å². The van der Waals surface area contributed by atoms with Crippen LogP contribution in [0.3, 0.4) is 0 Å². The lowest BCUT2D eigenvalue weighted by Gasteiger charge is -2.19. The van der Waals surface area contributed by atoms with Crippen molar-refractivity contribution < 1.29 is 4.42 Å². The second kappa shape index (κ2) is 7.15. The Balaban J connectivity index is 2.26. The van der Waals surface area contributed by atoms with Gasteiger partial charge in [0.05, 0.1) is 0 Å². The Hall–Kier alpha value is -1.25. The van der Waals surface area contributed by atoms with Crippen molar-refractivity contribution in [2.75, 3.05) is 6.54 Å². The summed E-state index contributed by atoms with van der Waals surface area (Å²) in [6.07, 6.45) is 1.98. The maximum atomic E-state index is 6.39. The van der Waals surface area contributed by atoms with Crippen molar-refractivity contribution in [3.63, 3.8) is 0 Å². The smallest absolute Gasteiger partial charge is 0.105 e. The highest BCUT2D eigenvalue weighted by Crippen LogP contribution is 2.28. The third kappa shape index (κ3) is 4.12. The van der Waals surface area contributed by atoms with E-state index in [1.54, 1.807) is 0 Å². The van der Waals surface area contributed by atoms with Crippen LogP contribution in [0.1, 0.15) is 47.6 Å². The van der Waals surface area contributed by atoms with E-state index in [0.29, 0.717) is 0 Å². The van der Waals surface area contributed by atoms with Gasteiger partial charge in [0.1, 0.15) is 11.5 Å². The van der Waals surface area contributed by atoms with Crippen LogP contribution >= 0.6 is 11.6 Å². The molecule has 2 rings (SSSR count). The lowest BCUT2D eigenvalue weighted by atomic mass is 9.98. The first-order valence-electron chi connectivity index (χ1n) is 7.56. The number of nitrogens with one attached hydrogen (secondary N) is 1. The Morgan fingerprint density at radius 2 is 1.95 bits per heavy atom. The van der Waals surface area contributed by atoms with Gasteiger partial charge in [0.15, 0.2) is 0 Å². The first-order valence-corrected chi connectivity index (χ1v) is 7.94. The fourth-order valence-corrected chi connectivity index (χ4v) is 2.96. The molecule has 0 fully saturated rings. The summed E-state index contributed by atoms with van der Waals surface area (Å²) in [4.78, 5) is 0. The molecule has 1 atom stereocenters. The normalized spacial score (nSPS) is 12.6. The molecule has 0 radical (unpaired) electrons. The highest BCUT2D eigenvalue weighted by atomic mass is 35.5. The van der Waals surface area contributed by atoms with Gasteiger partial charge in [-0.1, -0.05) is 30.7 Å². The molecular formula is C18H24ClNO. The van der Waals surface area contributed by atoms with Gasteiger partial charge in [-0.05, 0) is 63.4 Å². The fraction of sp³-hybridized carbons (Fsp3) is 0.444. The van der Waals surface area contributed by atoms with E-state index < -0.39 is 0 Å². The van der Waals surface area contributed by atoms with Crippen LogP contribution in [0.4, 0.5) is 0 Å². The number of halogens is 1. The zero-order chi connectivity index (χ0) is 15.4. The summed E-state index contributed by atoms with van der Waals surface area (Å²) in [5.74, 6) is 1.95. The summed E-state index contributed by atoms with van der Waals surface area (Å²) in [5.41, 5.74) is 3.60. The van der Waals surface area contributed by atoms with Crippen molar-refractivity contribution in [2.45, 2.75) is 46.6 Å². The molecule has 0 aliphatic rings. The first-order chi connectivity index (χ1) is 10.0. The number of hydrogen-bond acceptors (Lipinski definition) is 2. The Kier molecular flexibility index (Phi) is 5.49. The van der Waals surface area contributed by atoms with Gasteiger partial charge in [0.2, 0.25) is 0 Å². The molecule has 1 aromatic heterocycles. The van der Waals surface area contributed by atoms with Crippen molar-refractivity contribution in [2.24, 2.45) is 0 Å². The summed E-state index contributed by atoms with van der Waals surface area (Å²) in [5, 5.41) is 4.46. The molecule has 0 bridgehead atoms. The topological polar surface area (TPSA) is 25.2 Å². The van der Waals surface area contributed by atoms with Gasteiger partial charge in [0, 0.05) is 16.6 Å². The second-order valence-electron chi connectivity index (χ2n) is 5.67. The minimum atomic E-state index is 0.239. The van der Waals surface area contributed by atoms with E-state index in [0.717, 1.165) is 35.9 Å². The van der Waals surface area contributed by atoms with E-state index in [4.69, 9.17) is 16.0 Å². The molecule has 114 valence electrons. The molecule has 0 aliphatic heterocycles. The fourth-order valence-electron chi connectivity index (χ4n) is 2.64. The minimum Gasteiger partial charge on any atom is -0.466 e. The molecular weight excluding hydrogens is 282 g/mol. The van der Waals surface area contributed by atoms with Crippen molar-refractivity contribution in [3.8, 4) is 0 Å². The number of furan rings is 1. The van der Waals surface area contributed by atoms with E-state index >= 15 is 0 Å². The monoisotopic (exact) mass is 305 g/mol. The van der Waals surface area contributed by atoms with Crippen molar-refractivity contribution in [1.82, 2.24) is 5.32 Å². The van der Waals surface area contributed by atoms with Gasteiger partial charge in [0.25, 0.3) is 0 Å². The van der Waals surface area contributed by atoms with Gasteiger partial charge in [-0.2, -0.15) is 0 Å². The van der Waals surface area contributed by atoms with Gasteiger partial charge in [-0.25, -0.2) is 0 Å². The molecule has 2 aromatic rings. The zero-order valence-corrected chi connectivity index (χ0v) is 14.1. The first kappa shape index (κ1) is 16.1. The largest absolute Gasteiger partial charge is 0.466 e. The van der Waals surface area contributed by atoms with Crippen LogP contribution in [0.2, 0.25) is 5.02 Å². The SMILES string of the molecule is CCCNC(Cc1ccc(C)cc1Cl)c1cc(C)oc1C. The van der Waals surface area contributed by atoms with E-state index in [1.807, 2.05) is 19.9 Å². The third-order valence-electron chi connectivity index (χ3n) is 3.73. The van der Waals surface area contributed by atoms with E-state index in [1.165, 1.54) is 16.7 Å². The highest BCUT2D eigenvalue weighted by molar-refractivity contribution is 6.31. The summed E-state index contributed by atoms with van der Waals surface area (Å²) in [7, 11) is 0. The van der Waals surface area contributed by atoms with E-state index in [9.17, 15) is 0 Å². The average molecular weight is 306 g/mol. The highest BCUT2D eigenvalue weighted by Gasteiger charge is 2.18. The molecule has 0 spiro atoms. The standard InChI is InChI=1S/C18H24ClNO/c1-5-8-20-18(16-10-13(3)21-14(16)4)11-15-7-6-12(2)9-17(15)19/h6-7,9-10,18,20H,5,8,11H2,1-4H3. The maximum Gasteiger partial charge on any atom is 0.105 e. The molecule has 0 aliphatic carbocycles. The maximum absolute atomic E-state index is 6.39. The van der Waals surface area contributed by atoms with Crippen LogP contribution in [-0.4, -0.2) is 6.54 Å². The molecule has 1 unspecified atom stereocenters. The predicted molar refractivity (Wildman–Crippen MR) is 89.1 cm³/mol. The lowest BCUT2D eigenvalue weighted by molar-refractivity contribution is 0.480. The van der Waals surface area contributed by atoms with Crippen LogP contribution in [-0.2, 0) is 6.42 Å². The third-order valence-corrected chi connectivity index (χ3v) is 4.08. The van der Waals surface area contributed by atoms with Crippen LogP contribution in [0, 0.1) is 20.8 Å².